The summed E-state index contributed by atoms with van der Waals surface area (Å²) in [4.78, 5) is 0. The van der Waals surface area contributed by atoms with Crippen LogP contribution in [0.4, 0.5) is 0 Å². The highest BCUT2D eigenvalue weighted by Crippen LogP contribution is 2.37. The highest BCUT2D eigenvalue weighted by molar-refractivity contribution is 5.45. The second-order valence-corrected chi connectivity index (χ2v) is 4.42. The molecule has 2 atom stereocenters. The average Bonchev–Trinajstić information content (AvgIpc) is 2.95. The van der Waals surface area contributed by atoms with Crippen LogP contribution in [0.1, 0.15) is 11.6 Å². The maximum Gasteiger partial charge on any atom is 0.231 e. The molecular formula is C13H15NO3. The number of hydrogen-bond acceptors (Lipinski definition) is 4. The molecule has 0 spiro atoms. The molecule has 90 valence electrons. The number of benzene rings is 1. The Bertz CT molecular complexity index is 458. The molecule has 17 heavy (non-hydrogen) atoms. The van der Waals surface area contributed by atoms with Crippen LogP contribution in [0.15, 0.2) is 30.4 Å². The lowest BCUT2D eigenvalue weighted by molar-refractivity contribution is 0.173. The van der Waals surface area contributed by atoms with Gasteiger partial charge in [0.2, 0.25) is 6.79 Å². The molecule has 1 aromatic carbocycles. The Morgan fingerprint density at radius 1 is 1.29 bits per heavy atom. The fourth-order valence-electron chi connectivity index (χ4n) is 2.25. The number of ether oxygens (including phenoxy) is 3. The van der Waals surface area contributed by atoms with Gasteiger partial charge >= 0.3 is 0 Å². The van der Waals surface area contributed by atoms with E-state index in [0.717, 1.165) is 22.6 Å². The van der Waals surface area contributed by atoms with Crippen LogP contribution < -0.4 is 15.2 Å². The van der Waals surface area contributed by atoms with Crippen LogP contribution in [0.25, 0.3) is 0 Å². The normalized spacial score (nSPS) is 24.1. The highest BCUT2D eigenvalue weighted by atomic mass is 16.7. The molecule has 2 N–H and O–H groups in total. The van der Waals surface area contributed by atoms with Crippen LogP contribution in [0.5, 0.6) is 11.5 Å². The zero-order chi connectivity index (χ0) is 11.8. The van der Waals surface area contributed by atoms with E-state index in [1.54, 1.807) is 0 Å². The Morgan fingerprint density at radius 3 is 2.88 bits per heavy atom. The molecule has 0 aromatic heterocycles. The van der Waals surface area contributed by atoms with E-state index in [1.165, 1.54) is 0 Å². The molecule has 0 saturated carbocycles. The summed E-state index contributed by atoms with van der Waals surface area (Å²) < 4.78 is 16.0. The van der Waals surface area contributed by atoms with Crippen LogP contribution in [0.3, 0.4) is 0 Å². The van der Waals surface area contributed by atoms with Gasteiger partial charge in [-0.15, -0.1) is 0 Å². The standard InChI is InChI=1S/C13H15NO3/c1-8-5-15-6-10(8)13(14)9-2-3-11-12(4-9)17-7-16-11/h2-4,10,13H,1,5-7,14H2/t10-,13-/m0/s1. The van der Waals surface area contributed by atoms with E-state index < -0.39 is 0 Å². The van der Waals surface area contributed by atoms with E-state index in [1.807, 2.05) is 18.2 Å². The summed E-state index contributed by atoms with van der Waals surface area (Å²) in [5, 5.41) is 0. The monoisotopic (exact) mass is 233 g/mol. The van der Waals surface area contributed by atoms with Gasteiger partial charge in [-0.3, -0.25) is 0 Å². The summed E-state index contributed by atoms with van der Waals surface area (Å²) in [6, 6.07) is 5.72. The first-order valence-electron chi connectivity index (χ1n) is 5.66. The highest BCUT2D eigenvalue weighted by Gasteiger charge is 2.28. The zero-order valence-corrected chi connectivity index (χ0v) is 9.52. The Morgan fingerprint density at radius 2 is 2.12 bits per heavy atom. The third-order valence-corrected chi connectivity index (χ3v) is 3.32. The summed E-state index contributed by atoms with van der Waals surface area (Å²) in [6.45, 7) is 5.54. The van der Waals surface area contributed by atoms with Crippen molar-refractivity contribution in [1.82, 2.24) is 0 Å². The van der Waals surface area contributed by atoms with Crippen molar-refractivity contribution in [2.45, 2.75) is 6.04 Å². The minimum Gasteiger partial charge on any atom is -0.454 e. The Balaban J connectivity index is 1.86. The second-order valence-electron chi connectivity index (χ2n) is 4.42. The quantitative estimate of drug-likeness (QED) is 0.789. The van der Waals surface area contributed by atoms with E-state index in [9.17, 15) is 0 Å². The van der Waals surface area contributed by atoms with Gasteiger partial charge < -0.3 is 19.9 Å². The SMILES string of the molecule is C=C1COC[C@@H]1[C@@H](N)c1ccc2c(c1)OCO2. The molecule has 4 heteroatoms. The lowest BCUT2D eigenvalue weighted by Gasteiger charge is -2.19. The molecule has 1 saturated heterocycles. The van der Waals surface area contributed by atoms with Crippen LogP contribution in [-0.4, -0.2) is 20.0 Å². The van der Waals surface area contributed by atoms with Gasteiger partial charge in [-0.1, -0.05) is 12.6 Å². The first kappa shape index (κ1) is 10.6. The molecule has 2 aliphatic heterocycles. The van der Waals surface area contributed by atoms with Crippen molar-refractivity contribution in [3.63, 3.8) is 0 Å². The molecule has 0 bridgehead atoms. The summed E-state index contributed by atoms with van der Waals surface area (Å²) in [5.41, 5.74) is 8.35. The Hall–Kier alpha value is -1.52. The molecule has 1 aromatic rings. The van der Waals surface area contributed by atoms with Gasteiger partial charge in [0, 0.05) is 12.0 Å². The lowest BCUT2D eigenvalue weighted by Crippen LogP contribution is -2.22. The number of hydrogen-bond donors (Lipinski definition) is 1. The minimum absolute atomic E-state index is 0.0977. The predicted molar refractivity (Wildman–Crippen MR) is 62.9 cm³/mol. The molecule has 0 aliphatic carbocycles. The summed E-state index contributed by atoms with van der Waals surface area (Å²) in [7, 11) is 0. The minimum atomic E-state index is -0.0977. The Kier molecular flexibility index (Phi) is 2.53. The summed E-state index contributed by atoms with van der Waals surface area (Å²) in [6.07, 6.45) is 0. The van der Waals surface area contributed by atoms with Crippen molar-refractivity contribution in [1.29, 1.82) is 0 Å². The molecule has 2 heterocycles. The lowest BCUT2D eigenvalue weighted by atomic mass is 9.90. The van der Waals surface area contributed by atoms with Gasteiger partial charge in [-0.05, 0) is 23.3 Å². The van der Waals surface area contributed by atoms with Crippen molar-refractivity contribution < 1.29 is 14.2 Å². The average molecular weight is 233 g/mol. The first-order valence-corrected chi connectivity index (χ1v) is 5.66. The molecule has 0 amide bonds. The van der Waals surface area contributed by atoms with Gasteiger partial charge in [0.1, 0.15) is 0 Å². The zero-order valence-electron chi connectivity index (χ0n) is 9.52. The first-order chi connectivity index (χ1) is 8.25. The molecule has 1 fully saturated rings. The third kappa shape index (κ3) is 1.79. The molecule has 2 aliphatic rings. The van der Waals surface area contributed by atoms with E-state index in [2.05, 4.69) is 6.58 Å². The van der Waals surface area contributed by atoms with Gasteiger partial charge in [-0.25, -0.2) is 0 Å². The molecule has 0 radical (unpaired) electrons. The summed E-state index contributed by atoms with van der Waals surface area (Å²) in [5.74, 6) is 1.74. The van der Waals surface area contributed by atoms with Crippen molar-refractivity contribution >= 4 is 0 Å². The molecule has 4 nitrogen and oxygen atoms in total. The fourth-order valence-corrected chi connectivity index (χ4v) is 2.25. The van der Waals surface area contributed by atoms with E-state index in [4.69, 9.17) is 19.9 Å². The van der Waals surface area contributed by atoms with Crippen LogP contribution in [0.2, 0.25) is 0 Å². The number of rotatable bonds is 2. The van der Waals surface area contributed by atoms with Gasteiger partial charge in [0.25, 0.3) is 0 Å². The van der Waals surface area contributed by atoms with Crippen molar-refractivity contribution in [3.8, 4) is 11.5 Å². The smallest absolute Gasteiger partial charge is 0.231 e. The molecule has 0 unspecified atom stereocenters. The van der Waals surface area contributed by atoms with Crippen molar-refractivity contribution in [3.05, 3.63) is 35.9 Å². The topological polar surface area (TPSA) is 53.7 Å². The number of fused-ring (bicyclic) bond motifs is 1. The largest absolute Gasteiger partial charge is 0.454 e. The Labute approximate surface area is 100.0 Å². The van der Waals surface area contributed by atoms with Crippen molar-refractivity contribution in [2.75, 3.05) is 20.0 Å². The van der Waals surface area contributed by atoms with Gasteiger partial charge in [0.15, 0.2) is 11.5 Å². The van der Waals surface area contributed by atoms with E-state index in [0.29, 0.717) is 13.2 Å². The molecule has 3 rings (SSSR count). The maximum atomic E-state index is 6.25. The fraction of sp³-hybridized carbons (Fsp3) is 0.385. The van der Waals surface area contributed by atoms with Gasteiger partial charge in [0.05, 0.1) is 13.2 Å². The second kappa shape index (κ2) is 4.05. The number of nitrogens with two attached hydrogens (primary N) is 1. The summed E-state index contributed by atoms with van der Waals surface area (Å²) >= 11 is 0. The predicted octanol–water partition coefficient (Wildman–Crippen LogP) is 1.62. The van der Waals surface area contributed by atoms with Crippen LogP contribution >= 0.6 is 0 Å². The van der Waals surface area contributed by atoms with Crippen LogP contribution in [-0.2, 0) is 4.74 Å². The van der Waals surface area contributed by atoms with Crippen LogP contribution in [0, 0.1) is 5.92 Å². The molecular weight excluding hydrogens is 218 g/mol. The maximum absolute atomic E-state index is 6.25. The third-order valence-electron chi connectivity index (χ3n) is 3.32. The van der Waals surface area contributed by atoms with E-state index in [-0.39, 0.29) is 18.8 Å². The van der Waals surface area contributed by atoms with Crippen molar-refractivity contribution in [2.24, 2.45) is 11.7 Å². The van der Waals surface area contributed by atoms with Gasteiger partial charge in [-0.2, -0.15) is 0 Å². The van der Waals surface area contributed by atoms with E-state index >= 15 is 0 Å².